The molecule has 0 radical (unpaired) electrons. The average Bonchev–Trinajstić information content (AvgIpc) is 2.70. The molecule has 0 saturated carbocycles. The molecule has 2 aromatic carbocycles. The van der Waals surface area contributed by atoms with Crippen molar-refractivity contribution in [2.75, 3.05) is 38.2 Å². The number of benzene rings is 2. The van der Waals surface area contributed by atoms with Gasteiger partial charge in [-0.2, -0.15) is 0 Å². The van der Waals surface area contributed by atoms with Gasteiger partial charge in [0, 0.05) is 39.0 Å². The lowest BCUT2D eigenvalue weighted by Crippen LogP contribution is -2.43. The Morgan fingerprint density at radius 3 is 2.54 bits per heavy atom. The van der Waals surface area contributed by atoms with Crippen molar-refractivity contribution < 1.29 is 4.74 Å². The van der Waals surface area contributed by atoms with Gasteiger partial charge >= 0.3 is 0 Å². The number of nitrogens with one attached hydrogen (secondary N) is 1. The lowest BCUT2D eigenvalue weighted by Gasteiger charge is -2.31. The highest BCUT2D eigenvalue weighted by molar-refractivity contribution is 5.56. The zero-order chi connectivity index (χ0) is 18.4. The number of aryl methyl sites for hydroxylation is 3. The Morgan fingerprint density at radius 1 is 1.08 bits per heavy atom. The molecule has 1 N–H and O–H groups in total. The van der Waals surface area contributed by atoms with E-state index >= 15 is 0 Å². The predicted octanol–water partition coefficient (Wildman–Crippen LogP) is 4.29. The topological polar surface area (TPSA) is 24.5 Å². The van der Waals surface area contributed by atoms with E-state index in [1.54, 1.807) is 0 Å². The van der Waals surface area contributed by atoms with Crippen molar-refractivity contribution in [3.8, 4) is 0 Å². The van der Waals surface area contributed by atoms with Gasteiger partial charge in [0.25, 0.3) is 0 Å². The van der Waals surface area contributed by atoms with Crippen LogP contribution in [0.5, 0.6) is 0 Å². The van der Waals surface area contributed by atoms with Crippen LogP contribution in [0, 0.1) is 6.92 Å². The number of hydrogen-bond donors (Lipinski definition) is 1. The van der Waals surface area contributed by atoms with E-state index in [1.165, 1.54) is 27.9 Å². The summed E-state index contributed by atoms with van der Waals surface area (Å²) in [7, 11) is 1.83. The second kappa shape index (κ2) is 9.20. The summed E-state index contributed by atoms with van der Waals surface area (Å²) in [6.07, 6.45) is 3.27. The normalized spacial score (nSPS) is 15.9. The fraction of sp³-hybridized carbons (Fsp3) is 0.478. The third-order valence-electron chi connectivity index (χ3n) is 5.54. The van der Waals surface area contributed by atoms with Crippen LogP contribution in [0.4, 0.5) is 5.69 Å². The molecular weight excluding hydrogens is 320 g/mol. The van der Waals surface area contributed by atoms with Gasteiger partial charge in [-0.1, -0.05) is 43.3 Å². The van der Waals surface area contributed by atoms with Crippen molar-refractivity contribution in [2.45, 2.75) is 39.2 Å². The summed E-state index contributed by atoms with van der Waals surface area (Å²) in [5, 5.41) is 3.44. The number of anilines is 1. The number of hydrogen-bond acceptors (Lipinski definition) is 3. The Bertz CT molecular complexity index is 707. The van der Waals surface area contributed by atoms with E-state index in [-0.39, 0.29) is 6.10 Å². The summed E-state index contributed by atoms with van der Waals surface area (Å²) in [5.74, 6) is 0. The summed E-state index contributed by atoms with van der Waals surface area (Å²) in [4.78, 5) is 2.51. The average molecular weight is 353 g/mol. The van der Waals surface area contributed by atoms with Gasteiger partial charge in [0.2, 0.25) is 0 Å². The summed E-state index contributed by atoms with van der Waals surface area (Å²) in [6.45, 7) is 8.76. The van der Waals surface area contributed by atoms with Gasteiger partial charge in [-0.15, -0.1) is 0 Å². The Labute approximate surface area is 158 Å². The molecule has 3 nitrogen and oxygen atoms in total. The van der Waals surface area contributed by atoms with Gasteiger partial charge in [-0.05, 0) is 54.5 Å². The third kappa shape index (κ3) is 4.46. The van der Waals surface area contributed by atoms with Gasteiger partial charge in [0.15, 0.2) is 0 Å². The molecule has 1 saturated heterocycles. The van der Waals surface area contributed by atoms with Crippen LogP contribution in [0.25, 0.3) is 0 Å². The van der Waals surface area contributed by atoms with E-state index < -0.39 is 0 Å². The summed E-state index contributed by atoms with van der Waals surface area (Å²) < 4.78 is 5.86. The molecule has 0 aromatic heterocycles. The highest BCUT2D eigenvalue weighted by Gasteiger charge is 2.17. The van der Waals surface area contributed by atoms with E-state index in [0.717, 1.165) is 45.4 Å². The maximum Gasteiger partial charge on any atom is 0.0824 e. The summed E-state index contributed by atoms with van der Waals surface area (Å²) in [6, 6.07) is 15.6. The number of piperazine rings is 1. The molecule has 0 aliphatic carbocycles. The molecule has 3 heteroatoms. The number of rotatable bonds is 7. The second-order valence-electron chi connectivity index (χ2n) is 7.17. The van der Waals surface area contributed by atoms with Crippen LogP contribution >= 0.6 is 0 Å². The molecule has 1 unspecified atom stereocenters. The first-order valence-corrected chi connectivity index (χ1v) is 9.88. The zero-order valence-electron chi connectivity index (χ0n) is 16.4. The predicted molar refractivity (Wildman–Crippen MR) is 110 cm³/mol. The highest BCUT2D eigenvalue weighted by Crippen LogP contribution is 2.29. The highest BCUT2D eigenvalue weighted by atomic mass is 16.5. The van der Waals surface area contributed by atoms with Crippen molar-refractivity contribution in [1.82, 2.24) is 5.32 Å². The molecule has 140 valence electrons. The monoisotopic (exact) mass is 352 g/mol. The molecule has 0 bridgehead atoms. The van der Waals surface area contributed by atoms with Crippen LogP contribution in [0.3, 0.4) is 0 Å². The minimum Gasteiger partial charge on any atom is -0.377 e. The van der Waals surface area contributed by atoms with E-state index in [2.05, 4.69) is 66.5 Å². The Morgan fingerprint density at radius 2 is 1.85 bits per heavy atom. The lowest BCUT2D eigenvalue weighted by atomic mass is 9.96. The Kier molecular flexibility index (Phi) is 6.70. The molecular formula is C23H32N2O. The van der Waals surface area contributed by atoms with Gasteiger partial charge in [-0.25, -0.2) is 0 Å². The van der Waals surface area contributed by atoms with E-state index in [0.29, 0.717) is 0 Å². The molecule has 1 atom stereocenters. The van der Waals surface area contributed by atoms with Crippen LogP contribution in [-0.4, -0.2) is 33.3 Å². The largest absolute Gasteiger partial charge is 0.377 e. The van der Waals surface area contributed by atoms with Crippen molar-refractivity contribution in [1.29, 1.82) is 0 Å². The van der Waals surface area contributed by atoms with Gasteiger partial charge in [0.05, 0.1) is 6.10 Å². The maximum absolute atomic E-state index is 5.86. The van der Waals surface area contributed by atoms with Crippen LogP contribution < -0.4 is 10.2 Å². The standard InChI is InChI=1S/C23H32N2O/c1-4-19-17-21(9-11-22(19)25-15-13-24-14-16-25)23(26-3)12-10-20-8-6-5-7-18(20)2/h5-9,11,17,23-24H,4,10,12-16H2,1-3H3. The Balaban J connectivity index is 1.74. The molecule has 1 aliphatic rings. The number of methoxy groups -OCH3 is 1. The van der Waals surface area contributed by atoms with Crippen molar-refractivity contribution >= 4 is 5.69 Å². The Hall–Kier alpha value is -1.84. The van der Waals surface area contributed by atoms with Crippen molar-refractivity contribution in [3.05, 3.63) is 64.7 Å². The van der Waals surface area contributed by atoms with Crippen molar-refractivity contribution in [2.24, 2.45) is 0 Å². The molecule has 1 aliphatic heterocycles. The minimum atomic E-state index is 0.150. The molecule has 3 rings (SSSR count). The smallest absolute Gasteiger partial charge is 0.0824 e. The molecule has 1 heterocycles. The van der Waals surface area contributed by atoms with Gasteiger partial charge in [0.1, 0.15) is 0 Å². The molecule has 26 heavy (non-hydrogen) atoms. The molecule has 2 aromatic rings. The minimum absolute atomic E-state index is 0.150. The first-order chi connectivity index (χ1) is 12.7. The van der Waals surface area contributed by atoms with E-state index in [1.807, 2.05) is 7.11 Å². The molecule has 1 fully saturated rings. The first kappa shape index (κ1) is 18.9. The lowest BCUT2D eigenvalue weighted by molar-refractivity contribution is 0.0958. The summed E-state index contributed by atoms with van der Waals surface area (Å²) in [5.41, 5.74) is 6.92. The number of nitrogens with zero attached hydrogens (tertiary/aromatic N) is 1. The first-order valence-electron chi connectivity index (χ1n) is 9.88. The third-order valence-corrected chi connectivity index (χ3v) is 5.54. The van der Waals surface area contributed by atoms with Crippen molar-refractivity contribution in [3.63, 3.8) is 0 Å². The fourth-order valence-electron chi connectivity index (χ4n) is 3.90. The van der Waals surface area contributed by atoms with Crippen LogP contribution in [0.15, 0.2) is 42.5 Å². The van der Waals surface area contributed by atoms with Crippen LogP contribution in [-0.2, 0) is 17.6 Å². The zero-order valence-corrected chi connectivity index (χ0v) is 16.4. The van der Waals surface area contributed by atoms with Crippen LogP contribution in [0.2, 0.25) is 0 Å². The SMILES string of the molecule is CCc1cc(C(CCc2ccccc2C)OC)ccc1N1CCNCC1. The maximum atomic E-state index is 5.86. The van der Waals surface area contributed by atoms with Gasteiger partial charge in [-0.3, -0.25) is 0 Å². The van der Waals surface area contributed by atoms with Gasteiger partial charge < -0.3 is 15.0 Å². The summed E-state index contributed by atoms with van der Waals surface area (Å²) >= 11 is 0. The molecule has 0 spiro atoms. The van der Waals surface area contributed by atoms with E-state index in [9.17, 15) is 0 Å². The fourth-order valence-corrected chi connectivity index (χ4v) is 3.90. The van der Waals surface area contributed by atoms with Crippen LogP contribution in [0.1, 0.15) is 41.7 Å². The second-order valence-corrected chi connectivity index (χ2v) is 7.17. The number of ether oxygens (including phenoxy) is 1. The van der Waals surface area contributed by atoms with E-state index in [4.69, 9.17) is 4.74 Å². The molecule has 0 amide bonds. The quantitative estimate of drug-likeness (QED) is 0.805.